The van der Waals surface area contributed by atoms with Gasteiger partial charge in [-0.25, -0.2) is 10.4 Å². The molecule has 0 radical (unpaired) electrons. The number of nitrogens with one attached hydrogen (secondary N) is 1. The number of anilines is 1. The number of fused-ring (bicyclic) bond motifs is 1. The van der Waals surface area contributed by atoms with E-state index in [9.17, 15) is 4.79 Å². The predicted molar refractivity (Wildman–Crippen MR) is 107 cm³/mol. The molecule has 0 saturated carbocycles. The second-order valence-corrected chi connectivity index (χ2v) is 6.02. The summed E-state index contributed by atoms with van der Waals surface area (Å²) in [5.74, 6) is 1.32. The fourth-order valence-corrected chi connectivity index (χ4v) is 3.02. The van der Waals surface area contributed by atoms with Gasteiger partial charge in [-0.05, 0) is 36.8 Å². The minimum Gasteiger partial charge on any atom is -0.493 e. The van der Waals surface area contributed by atoms with Crippen LogP contribution in [-0.2, 0) is 6.54 Å². The lowest BCUT2D eigenvalue weighted by Gasteiger charge is -2.11. The number of rotatable bonds is 6. The molecule has 1 aromatic heterocycles. The van der Waals surface area contributed by atoms with Gasteiger partial charge < -0.3 is 9.47 Å². The number of hydrogen-bond acceptors (Lipinski definition) is 6. The van der Waals surface area contributed by atoms with Crippen LogP contribution in [0.2, 0.25) is 5.02 Å². The largest absolute Gasteiger partial charge is 0.493 e. The number of hydrazone groups is 1. The first-order valence-corrected chi connectivity index (χ1v) is 8.67. The SMILES string of the molecule is CCn1c(N/N=C\c2cc(Cl)c(OC)c(OC)c2)nc2ccccc2c1=O. The van der Waals surface area contributed by atoms with Crippen LogP contribution < -0.4 is 20.5 Å². The summed E-state index contributed by atoms with van der Waals surface area (Å²) in [6.07, 6.45) is 1.56. The molecule has 0 aliphatic rings. The number of aromatic nitrogens is 2. The van der Waals surface area contributed by atoms with Crippen LogP contribution in [0, 0.1) is 0 Å². The van der Waals surface area contributed by atoms with Gasteiger partial charge in [0.1, 0.15) is 0 Å². The zero-order chi connectivity index (χ0) is 19.4. The zero-order valence-electron chi connectivity index (χ0n) is 15.2. The highest BCUT2D eigenvalue weighted by Gasteiger charge is 2.11. The van der Waals surface area contributed by atoms with Gasteiger partial charge in [0.15, 0.2) is 11.5 Å². The molecule has 0 spiro atoms. The molecular weight excluding hydrogens is 368 g/mol. The van der Waals surface area contributed by atoms with Gasteiger partial charge in [-0.2, -0.15) is 5.10 Å². The highest BCUT2D eigenvalue weighted by molar-refractivity contribution is 6.32. The number of ether oxygens (including phenoxy) is 2. The van der Waals surface area contributed by atoms with Gasteiger partial charge in [0, 0.05) is 6.54 Å². The van der Waals surface area contributed by atoms with Gasteiger partial charge >= 0.3 is 0 Å². The fourth-order valence-electron chi connectivity index (χ4n) is 2.72. The lowest BCUT2D eigenvalue weighted by molar-refractivity contribution is 0.355. The molecule has 1 N–H and O–H groups in total. The molecular formula is C19H19ClN4O3. The lowest BCUT2D eigenvalue weighted by Crippen LogP contribution is -2.23. The summed E-state index contributed by atoms with van der Waals surface area (Å²) >= 11 is 6.20. The van der Waals surface area contributed by atoms with E-state index < -0.39 is 0 Å². The summed E-state index contributed by atoms with van der Waals surface area (Å²) in [4.78, 5) is 17.1. The third-order valence-electron chi connectivity index (χ3n) is 4.01. The molecule has 27 heavy (non-hydrogen) atoms. The fraction of sp³-hybridized carbons (Fsp3) is 0.211. The van der Waals surface area contributed by atoms with Crippen molar-refractivity contribution in [3.05, 3.63) is 57.3 Å². The molecule has 0 bridgehead atoms. The molecule has 8 heteroatoms. The van der Waals surface area contributed by atoms with Gasteiger partial charge in [-0.1, -0.05) is 23.7 Å². The monoisotopic (exact) mass is 386 g/mol. The van der Waals surface area contributed by atoms with Crippen molar-refractivity contribution >= 4 is 34.7 Å². The summed E-state index contributed by atoms with van der Waals surface area (Å²) < 4.78 is 12.0. The topological polar surface area (TPSA) is 77.7 Å². The van der Waals surface area contributed by atoms with Gasteiger partial charge in [-0.3, -0.25) is 9.36 Å². The molecule has 3 aromatic rings. The number of halogens is 1. The van der Waals surface area contributed by atoms with Crippen LogP contribution in [0.3, 0.4) is 0 Å². The molecule has 0 fully saturated rings. The number of benzene rings is 2. The minimum absolute atomic E-state index is 0.116. The van der Waals surface area contributed by atoms with E-state index in [4.69, 9.17) is 21.1 Å². The van der Waals surface area contributed by atoms with Gasteiger partial charge in [0.05, 0.1) is 36.4 Å². The molecule has 140 valence electrons. The number of nitrogens with zero attached hydrogens (tertiary/aromatic N) is 3. The van der Waals surface area contributed by atoms with E-state index in [1.807, 2.05) is 19.1 Å². The quantitative estimate of drug-likeness (QED) is 0.518. The molecule has 2 aromatic carbocycles. The van der Waals surface area contributed by atoms with E-state index in [1.54, 1.807) is 30.5 Å². The van der Waals surface area contributed by atoms with Crippen molar-refractivity contribution in [1.29, 1.82) is 0 Å². The van der Waals surface area contributed by atoms with Gasteiger partial charge in [0.25, 0.3) is 5.56 Å². The van der Waals surface area contributed by atoms with Crippen molar-refractivity contribution < 1.29 is 9.47 Å². The summed E-state index contributed by atoms with van der Waals surface area (Å²) in [5, 5.41) is 5.17. The molecule has 7 nitrogen and oxygen atoms in total. The zero-order valence-corrected chi connectivity index (χ0v) is 15.9. The molecule has 1 heterocycles. The summed E-state index contributed by atoms with van der Waals surface area (Å²) in [6, 6.07) is 10.7. The maximum absolute atomic E-state index is 12.6. The highest BCUT2D eigenvalue weighted by Crippen LogP contribution is 2.35. The number of hydrogen-bond donors (Lipinski definition) is 1. The smallest absolute Gasteiger partial charge is 0.262 e. The van der Waals surface area contributed by atoms with E-state index in [0.717, 1.165) is 0 Å². The predicted octanol–water partition coefficient (Wildman–Crippen LogP) is 3.53. The maximum atomic E-state index is 12.6. The van der Waals surface area contributed by atoms with Crippen molar-refractivity contribution in [3.63, 3.8) is 0 Å². The van der Waals surface area contributed by atoms with Crippen molar-refractivity contribution in [2.75, 3.05) is 19.6 Å². The Kier molecular flexibility index (Phi) is 5.61. The van der Waals surface area contributed by atoms with Crippen molar-refractivity contribution in [2.45, 2.75) is 13.5 Å². The Bertz CT molecular complexity index is 1060. The molecule has 0 aliphatic heterocycles. The first-order valence-electron chi connectivity index (χ1n) is 8.29. The summed E-state index contributed by atoms with van der Waals surface area (Å²) in [5.41, 5.74) is 4.04. The molecule has 0 unspecified atom stereocenters. The van der Waals surface area contributed by atoms with Crippen LogP contribution in [0.25, 0.3) is 10.9 Å². The highest BCUT2D eigenvalue weighted by atomic mass is 35.5. The van der Waals surface area contributed by atoms with Crippen LogP contribution in [0.15, 0.2) is 46.3 Å². The van der Waals surface area contributed by atoms with E-state index in [0.29, 0.717) is 45.5 Å². The Morgan fingerprint density at radius 3 is 2.74 bits per heavy atom. The minimum atomic E-state index is -0.116. The van der Waals surface area contributed by atoms with Gasteiger partial charge in [-0.15, -0.1) is 0 Å². The van der Waals surface area contributed by atoms with Crippen molar-refractivity contribution in [1.82, 2.24) is 9.55 Å². The van der Waals surface area contributed by atoms with E-state index in [1.165, 1.54) is 18.8 Å². The van der Waals surface area contributed by atoms with E-state index in [2.05, 4.69) is 15.5 Å². The first-order chi connectivity index (χ1) is 13.1. The van der Waals surface area contributed by atoms with E-state index >= 15 is 0 Å². The third-order valence-corrected chi connectivity index (χ3v) is 4.29. The van der Waals surface area contributed by atoms with Crippen LogP contribution in [-0.4, -0.2) is 30.0 Å². The number of methoxy groups -OCH3 is 2. The van der Waals surface area contributed by atoms with Crippen LogP contribution in [0.4, 0.5) is 5.95 Å². The second-order valence-electron chi connectivity index (χ2n) is 5.61. The average molecular weight is 387 g/mol. The van der Waals surface area contributed by atoms with Crippen LogP contribution in [0.1, 0.15) is 12.5 Å². The third kappa shape index (κ3) is 3.73. The molecule has 0 saturated heterocycles. The second kappa shape index (κ2) is 8.09. The standard InChI is InChI=1S/C19H19ClN4O3/c1-4-24-18(25)13-7-5-6-8-15(13)22-19(24)23-21-11-12-9-14(20)17(27-3)16(10-12)26-2/h5-11H,4H2,1-3H3,(H,22,23)/b21-11-. The van der Waals surface area contributed by atoms with Crippen LogP contribution >= 0.6 is 11.6 Å². The van der Waals surface area contributed by atoms with Crippen molar-refractivity contribution in [3.8, 4) is 11.5 Å². The Hall–Kier alpha value is -3.06. The van der Waals surface area contributed by atoms with E-state index in [-0.39, 0.29) is 5.56 Å². The Labute approximate surface area is 161 Å². The van der Waals surface area contributed by atoms with Crippen molar-refractivity contribution in [2.24, 2.45) is 5.10 Å². The maximum Gasteiger partial charge on any atom is 0.262 e. The first kappa shape index (κ1) is 18.7. The Morgan fingerprint density at radius 2 is 2.04 bits per heavy atom. The Morgan fingerprint density at radius 1 is 1.26 bits per heavy atom. The molecule has 0 amide bonds. The average Bonchev–Trinajstić information content (AvgIpc) is 2.68. The normalized spacial score (nSPS) is 11.1. The molecule has 3 rings (SSSR count). The summed E-state index contributed by atoms with van der Waals surface area (Å²) in [7, 11) is 3.06. The lowest BCUT2D eigenvalue weighted by atomic mass is 10.2. The Balaban J connectivity index is 1.93. The van der Waals surface area contributed by atoms with Crippen LogP contribution in [0.5, 0.6) is 11.5 Å². The summed E-state index contributed by atoms with van der Waals surface area (Å²) in [6.45, 7) is 2.34. The molecule has 0 aliphatic carbocycles. The number of para-hydroxylation sites is 1. The van der Waals surface area contributed by atoms with Gasteiger partial charge in [0.2, 0.25) is 5.95 Å². The molecule has 0 atom stereocenters.